The van der Waals surface area contributed by atoms with Gasteiger partial charge in [0, 0.05) is 55.8 Å². The molecule has 1 saturated carbocycles. The summed E-state index contributed by atoms with van der Waals surface area (Å²) in [5, 5.41) is 7.24. The Morgan fingerprint density at radius 2 is 1.81 bits per heavy atom. The Balaban J connectivity index is 1.51. The predicted octanol–water partition coefficient (Wildman–Crippen LogP) is 4.17. The number of hydrogen-bond donors (Lipinski definition) is 0. The monoisotopic (exact) mass is 451 g/mol. The van der Waals surface area contributed by atoms with Crippen LogP contribution in [-0.2, 0) is 13.1 Å². The summed E-state index contributed by atoms with van der Waals surface area (Å²) in [4.78, 5) is 9.05. The maximum Gasteiger partial charge on any atom is 0.137 e. The molecule has 1 saturated heterocycles. The summed E-state index contributed by atoms with van der Waals surface area (Å²) >= 11 is 1.86. The van der Waals surface area contributed by atoms with E-state index in [-0.39, 0.29) is 0 Å². The van der Waals surface area contributed by atoms with E-state index < -0.39 is 0 Å². The van der Waals surface area contributed by atoms with E-state index in [4.69, 9.17) is 9.84 Å². The number of likely N-dealkylation sites (N-methyl/N-ethyl adjacent to an activating group) is 1. The summed E-state index contributed by atoms with van der Waals surface area (Å²) in [5.74, 6) is 2.13. The second-order valence-corrected chi connectivity index (χ2v) is 10.0. The van der Waals surface area contributed by atoms with Gasteiger partial charge in [-0.15, -0.1) is 11.3 Å². The van der Waals surface area contributed by atoms with Gasteiger partial charge in [0.25, 0.3) is 0 Å². The maximum absolute atomic E-state index is 5.38. The number of hydrogen-bond acceptors (Lipinski definition) is 6. The van der Waals surface area contributed by atoms with Gasteiger partial charge in [-0.25, -0.2) is 4.68 Å². The lowest BCUT2D eigenvalue weighted by atomic mass is 10.2. The molecule has 2 aromatic heterocycles. The van der Waals surface area contributed by atoms with E-state index in [2.05, 4.69) is 63.0 Å². The first-order valence-electron chi connectivity index (χ1n) is 11.5. The fourth-order valence-corrected chi connectivity index (χ4v) is 5.27. The molecule has 0 N–H and O–H groups in total. The van der Waals surface area contributed by atoms with Crippen molar-refractivity contribution in [2.24, 2.45) is 0 Å². The van der Waals surface area contributed by atoms with E-state index >= 15 is 0 Å². The number of nitrogens with zero attached hydrogens (tertiary/aromatic N) is 5. The lowest BCUT2D eigenvalue weighted by molar-refractivity contribution is 0.247. The highest BCUT2D eigenvalue weighted by atomic mass is 32.1. The molecule has 0 unspecified atom stereocenters. The van der Waals surface area contributed by atoms with Crippen LogP contribution in [0.15, 0.2) is 41.8 Å². The molecule has 3 aromatic rings. The Morgan fingerprint density at radius 1 is 1.06 bits per heavy atom. The predicted molar refractivity (Wildman–Crippen MR) is 131 cm³/mol. The second kappa shape index (κ2) is 9.25. The van der Waals surface area contributed by atoms with Gasteiger partial charge in [0.15, 0.2) is 0 Å². The molecule has 7 heteroatoms. The number of ether oxygens (including phenoxy) is 1. The van der Waals surface area contributed by atoms with Gasteiger partial charge in [0.05, 0.1) is 18.5 Å². The van der Waals surface area contributed by atoms with Crippen LogP contribution in [0.25, 0.3) is 5.69 Å². The van der Waals surface area contributed by atoms with Crippen molar-refractivity contribution in [1.29, 1.82) is 0 Å². The third-order valence-electron chi connectivity index (χ3n) is 6.64. The first-order valence-corrected chi connectivity index (χ1v) is 12.4. The van der Waals surface area contributed by atoms with Crippen molar-refractivity contribution in [3.05, 3.63) is 57.9 Å². The number of aromatic nitrogens is 2. The number of benzene rings is 1. The molecule has 32 heavy (non-hydrogen) atoms. The second-order valence-electron chi connectivity index (χ2n) is 9.00. The number of thiophene rings is 1. The Morgan fingerprint density at radius 3 is 2.44 bits per heavy atom. The standard InChI is InChI=1S/C25H33N5OS/c1-19-24(18-29(20-6-7-20)17-23-5-4-16-32-23)25(28-14-12-27(2)13-15-28)30(26-19)21-8-10-22(31-3)11-9-21/h4-5,8-11,16,20H,6-7,12-15,17-18H2,1-3H3. The summed E-state index contributed by atoms with van der Waals surface area (Å²) in [6, 6.07) is 13.4. The minimum Gasteiger partial charge on any atom is -0.497 e. The zero-order valence-electron chi connectivity index (χ0n) is 19.3. The number of piperazine rings is 1. The topological polar surface area (TPSA) is 36.8 Å². The molecule has 2 fully saturated rings. The highest BCUT2D eigenvalue weighted by Crippen LogP contribution is 2.35. The molecule has 0 bridgehead atoms. The van der Waals surface area contributed by atoms with Crippen molar-refractivity contribution in [3.8, 4) is 11.4 Å². The fraction of sp³-hybridized carbons (Fsp3) is 0.480. The highest BCUT2D eigenvalue weighted by Gasteiger charge is 2.32. The van der Waals surface area contributed by atoms with Gasteiger partial charge in [0.2, 0.25) is 0 Å². The van der Waals surface area contributed by atoms with Gasteiger partial charge in [-0.1, -0.05) is 6.07 Å². The van der Waals surface area contributed by atoms with Gasteiger partial charge in [-0.2, -0.15) is 5.10 Å². The Kier molecular flexibility index (Phi) is 6.22. The summed E-state index contributed by atoms with van der Waals surface area (Å²) in [5.41, 5.74) is 3.59. The number of rotatable bonds is 8. The smallest absolute Gasteiger partial charge is 0.137 e. The van der Waals surface area contributed by atoms with Crippen LogP contribution in [-0.4, -0.2) is 66.0 Å². The molecule has 0 spiro atoms. The molecule has 3 heterocycles. The maximum atomic E-state index is 5.38. The highest BCUT2D eigenvalue weighted by molar-refractivity contribution is 7.09. The first-order chi connectivity index (χ1) is 15.6. The van der Waals surface area contributed by atoms with Crippen LogP contribution in [0.5, 0.6) is 5.75 Å². The third-order valence-corrected chi connectivity index (χ3v) is 7.50. The molecule has 170 valence electrons. The summed E-state index contributed by atoms with van der Waals surface area (Å²) in [6.07, 6.45) is 2.61. The van der Waals surface area contributed by atoms with Gasteiger partial charge >= 0.3 is 0 Å². The van der Waals surface area contributed by atoms with Gasteiger partial charge in [-0.05, 0) is 62.5 Å². The Hall–Kier alpha value is -2.35. The lowest BCUT2D eigenvalue weighted by Crippen LogP contribution is -2.45. The van der Waals surface area contributed by atoms with Crippen molar-refractivity contribution in [2.45, 2.75) is 38.9 Å². The van der Waals surface area contributed by atoms with Crippen molar-refractivity contribution in [3.63, 3.8) is 0 Å². The fourth-order valence-electron chi connectivity index (χ4n) is 4.54. The van der Waals surface area contributed by atoms with Crippen molar-refractivity contribution in [2.75, 3.05) is 45.2 Å². The summed E-state index contributed by atoms with van der Waals surface area (Å²) in [7, 11) is 3.92. The first kappa shape index (κ1) is 21.5. The van der Waals surface area contributed by atoms with Crippen LogP contribution < -0.4 is 9.64 Å². The normalized spacial score (nSPS) is 17.3. The third kappa shape index (κ3) is 4.56. The summed E-state index contributed by atoms with van der Waals surface area (Å²) < 4.78 is 7.54. The van der Waals surface area contributed by atoms with E-state index in [0.29, 0.717) is 6.04 Å². The molecule has 2 aliphatic rings. The minimum absolute atomic E-state index is 0.696. The van der Waals surface area contributed by atoms with Gasteiger partial charge in [0.1, 0.15) is 11.6 Å². The molecule has 1 aromatic carbocycles. The van der Waals surface area contributed by atoms with Crippen LogP contribution in [0.4, 0.5) is 5.82 Å². The van der Waals surface area contributed by atoms with Crippen LogP contribution in [0.3, 0.4) is 0 Å². The van der Waals surface area contributed by atoms with E-state index in [1.165, 1.54) is 29.1 Å². The Bertz CT molecular complexity index is 1020. The molecule has 1 aliphatic heterocycles. The average molecular weight is 452 g/mol. The SMILES string of the molecule is COc1ccc(-n2nc(C)c(CN(Cc3cccs3)C3CC3)c2N2CCN(C)CC2)cc1. The van der Waals surface area contributed by atoms with E-state index in [0.717, 1.165) is 56.4 Å². The molecule has 0 amide bonds. The van der Waals surface area contributed by atoms with Crippen molar-refractivity contribution >= 4 is 17.2 Å². The molecule has 0 atom stereocenters. The minimum atomic E-state index is 0.696. The molecular formula is C25H33N5OS. The summed E-state index contributed by atoms with van der Waals surface area (Å²) in [6.45, 7) is 8.36. The molecule has 5 rings (SSSR count). The van der Waals surface area contributed by atoms with Crippen LogP contribution in [0.1, 0.15) is 29.0 Å². The van der Waals surface area contributed by atoms with Crippen molar-refractivity contribution in [1.82, 2.24) is 19.6 Å². The lowest BCUT2D eigenvalue weighted by Gasteiger charge is -2.35. The van der Waals surface area contributed by atoms with Crippen molar-refractivity contribution < 1.29 is 4.74 Å². The molecule has 0 radical (unpaired) electrons. The van der Waals surface area contributed by atoms with E-state index in [1.54, 1.807) is 7.11 Å². The van der Waals surface area contributed by atoms with Crippen LogP contribution >= 0.6 is 11.3 Å². The van der Waals surface area contributed by atoms with Crippen LogP contribution in [0, 0.1) is 6.92 Å². The van der Waals surface area contributed by atoms with E-state index in [1.807, 2.05) is 23.5 Å². The largest absolute Gasteiger partial charge is 0.497 e. The van der Waals surface area contributed by atoms with Gasteiger partial charge in [-0.3, -0.25) is 4.90 Å². The molecule has 6 nitrogen and oxygen atoms in total. The quantitative estimate of drug-likeness (QED) is 0.514. The van der Waals surface area contributed by atoms with Gasteiger partial charge < -0.3 is 14.5 Å². The Labute approximate surface area is 195 Å². The number of aryl methyl sites for hydroxylation is 1. The molecular weight excluding hydrogens is 418 g/mol. The van der Waals surface area contributed by atoms with E-state index in [9.17, 15) is 0 Å². The molecule has 1 aliphatic carbocycles. The number of methoxy groups -OCH3 is 1. The zero-order valence-corrected chi connectivity index (χ0v) is 20.1. The zero-order chi connectivity index (χ0) is 22.1. The number of anilines is 1. The average Bonchev–Trinajstić information content (AvgIpc) is 3.44. The van der Waals surface area contributed by atoms with Crippen LogP contribution in [0.2, 0.25) is 0 Å².